The molecule has 0 fully saturated rings. The molecule has 3 rings (SSSR count). The molecule has 0 aliphatic carbocycles. The van der Waals surface area contributed by atoms with E-state index in [1.807, 2.05) is 0 Å². The molecule has 2 aromatic carbocycles. The molecule has 0 saturated carbocycles. The van der Waals surface area contributed by atoms with Gasteiger partial charge in [-0.1, -0.05) is 12.1 Å². The molecule has 1 heterocycles. The van der Waals surface area contributed by atoms with Crippen LogP contribution in [-0.2, 0) is 6.54 Å². The van der Waals surface area contributed by atoms with E-state index in [1.54, 1.807) is 24.3 Å². The summed E-state index contributed by atoms with van der Waals surface area (Å²) in [6.07, 6.45) is 1.18. The lowest BCUT2D eigenvalue weighted by Gasteiger charge is -2.11. The van der Waals surface area contributed by atoms with Gasteiger partial charge in [-0.05, 0) is 12.1 Å². The van der Waals surface area contributed by atoms with Crippen LogP contribution in [0.15, 0.2) is 47.4 Å². The summed E-state index contributed by atoms with van der Waals surface area (Å²) in [5.74, 6) is -3.90. The Bertz CT molecular complexity index is 925. The van der Waals surface area contributed by atoms with Gasteiger partial charge in [-0.3, -0.25) is 4.79 Å². The molecule has 0 N–H and O–H groups in total. The summed E-state index contributed by atoms with van der Waals surface area (Å²) >= 11 is 0. The molecule has 7 heteroatoms. The average Bonchev–Trinajstić information content (AvgIpc) is 2.54. The van der Waals surface area contributed by atoms with Crippen molar-refractivity contribution in [3.8, 4) is 5.75 Å². The van der Waals surface area contributed by atoms with Crippen molar-refractivity contribution in [2.24, 2.45) is 0 Å². The first-order valence-corrected chi connectivity index (χ1v) is 6.78. The molecule has 3 aromatic rings. The summed E-state index contributed by atoms with van der Waals surface area (Å²) in [5, 5.41) is 0. The number of para-hydroxylation sites is 2. The molecule has 0 atom stereocenters. The Hall–Kier alpha value is -2.83. The topological polar surface area (TPSA) is 44.1 Å². The van der Waals surface area contributed by atoms with Gasteiger partial charge in [0.25, 0.3) is 5.56 Å². The number of nitrogens with zero attached hydrogens (tertiary/aromatic N) is 2. The molecule has 1 aromatic heterocycles. The third-order valence-electron chi connectivity index (χ3n) is 3.30. The summed E-state index contributed by atoms with van der Waals surface area (Å²) in [4.78, 5) is 15.9. The predicted octanol–water partition coefficient (Wildman–Crippen LogP) is 2.89. The minimum atomic E-state index is -1.29. The van der Waals surface area contributed by atoms with Crippen LogP contribution in [0.3, 0.4) is 0 Å². The van der Waals surface area contributed by atoms with Crippen LogP contribution >= 0.6 is 0 Å². The number of hydrogen-bond acceptors (Lipinski definition) is 3. The highest BCUT2D eigenvalue weighted by atomic mass is 19.2. The first kappa shape index (κ1) is 15.1. The highest BCUT2D eigenvalue weighted by Crippen LogP contribution is 2.20. The second kappa shape index (κ2) is 6.12. The van der Waals surface area contributed by atoms with Crippen molar-refractivity contribution in [1.29, 1.82) is 0 Å². The molecule has 23 heavy (non-hydrogen) atoms. The number of hydrogen-bond donors (Lipinski definition) is 0. The molecule has 4 nitrogen and oxygen atoms in total. The predicted molar refractivity (Wildman–Crippen MR) is 77.8 cm³/mol. The zero-order chi connectivity index (χ0) is 16.4. The molecule has 0 radical (unpaired) electrons. The third kappa shape index (κ3) is 3.03. The molecule has 0 aliphatic heterocycles. The highest BCUT2D eigenvalue weighted by Gasteiger charge is 2.11. The lowest BCUT2D eigenvalue weighted by molar-refractivity contribution is 0.281. The summed E-state index contributed by atoms with van der Waals surface area (Å²) < 4.78 is 46.0. The van der Waals surface area contributed by atoms with Gasteiger partial charge in [0.2, 0.25) is 0 Å². The van der Waals surface area contributed by atoms with Crippen LogP contribution in [0, 0.1) is 17.5 Å². The van der Waals surface area contributed by atoms with Gasteiger partial charge in [-0.15, -0.1) is 0 Å². The minimum Gasteiger partial charge on any atom is -0.489 e. The Balaban J connectivity index is 1.81. The molecule has 0 amide bonds. The quantitative estimate of drug-likeness (QED) is 0.694. The van der Waals surface area contributed by atoms with Gasteiger partial charge in [0.05, 0.1) is 23.8 Å². The number of benzene rings is 2. The van der Waals surface area contributed by atoms with E-state index in [0.717, 1.165) is 0 Å². The van der Waals surface area contributed by atoms with Gasteiger partial charge >= 0.3 is 0 Å². The fourth-order valence-electron chi connectivity index (χ4n) is 2.21. The lowest BCUT2D eigenvalue weighted by Crippen LogP contribution is -2.23. The van der Waals surface area contributed by atoms with Gasteiger partial charge in [-0.2, -0.15) is 0 Å². The molecular weight excluding hydrogens is 309 g/mol. The third-order valence-corrected chi connectivity index (χ3v) is 3.30. The van der Waals surface area contributed by atoms with Crippen molar-refractivity contribution < 1.29 is 17.9 Å². The van der Waals surface area contributed by atoms with Crippen LogP contribution in [0.2, 0.25) is 0 Å². The Morgan fingerprint density at radius 2 is 1.78 bits per heavy atom. The van der Waals surface area contributed by atoms with Crippen molar-refractivity contribution in [1.82, 2.24) is 9.55 Å². The number of fused-ring (bicyclic) bond motifs is 1. The van der Waals surface area contributed by atoms with E-state index < -0.39 is 23.2 Å². The number of aromatic nitrogens is 2. The SMILES string of the molecule is O=c1cnc2ccccc2n1CCOc1cc(F)c(F)cc1F. The maximum atomic E-state index is 13.5. The lowest BCUT2D eigenvalue weighted by atomic mass is 10.3. The fraction of sp³-hybridized carbons (Fsp3) is 0.125. The van der Waals surface area contributed by atoms with Gasteiger partial charge < -0.3 is 9.30 Å². The second-order valence-corrected chi connectivity index (χ2v) is 4.78. The van der Waals surface area contributed by atoms with Crippen molar-refractivity contribution >= 4 is 11.0 Å². The van der Waals surface area contributed by atoms with E-state index in [1.165, 1.54) is 10.8 Å². The van der Waals surface area contributed by atoms with E-state index in [4.69, 9.17) is 4.74 Å². The minimum absolute atomic E-state index is 0.0874. The van der Waals surface area contributed by atoms with Gasteiger partial charge in [0.15, 0.2) is 23.2 Å². The zero-order valence-corrected chi connectivity index (χ0v) is 11.8. The first-order valence-electron chi connectivity index (χ1n) is 6.78. The Morgan fingerprint density at radius 1 is 1.04 bits per heavy atom. The largest absolute Gasteiger partial charge is 0.489 e. The monoisotopic (exact) mass is 320 g/mol. The molecule has 0 spiro atoms. The van der Waals surface area contributed by atoms with Crippen LogP contribution in [0.4, 0.5) is 13.2 Å². The summed E-state index contributed by atoms with van der Waals surface area (Å²) in [6.45, 7) is 0.0240. The Morgan fingerprint density at radius 3 is 2.61 bits per heavy atom. The smallest absolute Gasteiger partial charge is 0.269 e. The summed E-state index contributed by atoms with van der Waals surface area (Å²) in [5.41, 5.74) is 0.901. The maximum Gasteiger partial charge on any atom is 0.269 e. The highest BCUT2D eigenvalue weighted by molar-refractivity contribution is 5.74. The van der Waals surface area contributed by atoms with Crippen molar-refractivity contribution in [2.45, 2.75) is 6.54 Å². The molecule has 0 unspecified atom stereocenters. The molecular formula is C16H11F3N2O2. The van der Waals surface area contributed by atoms with E-state index in [2.05, 4.69) is 4.98 Å². The van der Waals surface area contributed by atoms with Crippen molar-refractivity contribution in [3.63, 3.8) is 0 Å². The normalized spacial score (nSPS) is 10.9. The summed E-state index contributed by atoms with van der Waals surface area (Å²) in [7, 11) is 0. The van der Waals surface area contributed by atoms with Crippen molar-refractivity contribution in [2.75, 3.05) is 6.61 Å². The van der Waals surface area contributed by atoms with E-state index in [0.29, 0.717) is 23.2 Å². The molecule has 0 saturated heterocycles. The Labute approximate surface area is 128 Å². The van der Waals surface area contributed by atoms with Crippen LogP contribution in [0.5, 0.6) is 5.75 Å². The average molecular weight is 320 g/mol. The van der Waals surface area contributed by atoms with Crippen LogP contribution < -0.4 is 10.3 Å². The Kier molecular flexibility index (Phi) is 4.01. The van der Waals surface area contributed by atoms with E-state index in [-0.39, 0.29) is 18.7 Å². The zero-order valence-electron chi connectivity index (χ0n) is 11.8. The number of rotatable bonds is 4. The number of halogens is 3. The standard InChI is InChI=1S/C16H11F3N2O2/c17-10-7-12(19)15(8-11(10)18)23-6-5-21-14-4-2-1-3-13(14)20-9-16(21)22/h1-4,7-9H,5-6H2. The van der Waals surface area contributed by atoms with Gasteiger partial charge in [0.1, 0.15) is 6.61 Å². The van der Waals surface area contributed by atoms with Gasteiger partial charge in [-0.25, -0.2) is 18.2 Å². The first-order chi connectivity index (χ1) is 11.1. The fourth-order valence-corrected chi connectivity index (χ4v) is 2.21. The van der Waals surface area contributed by atoms with Crippen LogP contribution in [0.25, 0.3) is 11.0 Å². The molecule has 0 aliphatic rings. The van der Waals surface area contributed by atoms with Crippen molar-refractivity contribution in [3.05, 3.63) is 70.4 Å². The van der Waals surface area contributed by atoms with Crippen LogP contribution in [0.1, 0.15) is 0 Å². The van der Waals surface area contributed by atoms with E-state index in [9.17, 15) is 18.0 Å². The van der Waals surface area contributed by atoms with Gasteiger partial charge in [0, 0.05) is 12.1 Å². The molecule has 118 valence electrons. The maximum absolute atomic E-state index is 13.5. The number of ether oxygens (including phenoxy) is 1. The van der Waals surface area contributed by atoms with E-state index >= 15 is 0 Å². The van der Waals surface area contributed by atoms with Crippen LogP contribution in [-0.4, -0.2) is 16.2 Å². The second-order valence-electron chi connectivity index (χ2n) is 4.78. The molecule has 0 bridgehead atoms. The summed E-state index contributed by atoms with van der Waals surface area (Å²) in [6, 6.07) is 8.08.